The Hall–Kier alpha value is -1.49. The van der Waals surface area contributed by atoms with Crippen molar-refractivity contribution in [1.82, 2.24) is 5.01 Å². The number of hydrazone groups is 1. The van der Waals surface area contributed by atoms with Crippen LogP contribution in [0.4, 0.5) is 5.69 Å². The van der Waals surface area contributed by atoms with Crippen LogP contribution in [0.5, 0.6) is 0 Å². The zero-order valence-corrected chi connectivity index (χ0v) is 15.7. The molecule has 0 bridgehead atoms. The number of sulfone groups is 1. The third kappa shape index (κ3) is 3.94. The maximum absolute atomic E-state index is 12.3. The first kappa shape index (κ1) is 17.3. The standard InChI is InChI=1S/C15H16IN3O4S/c16-10-1-3-11(4-2-10)17-15(21)13-5-6-14(20)19(18-13)12-7-8-24(22,23)9-12/h1-4,12H,5-9H2,(H,17,21)/t12-/m0/s1. The largest absolute Gasteiger partial charge is 0.321 e. The Morgan fingerprint density at radius 2 is 1.96 bits per heavy atom. The topological polar surface area (TPSA) is 95.9 Å². The normalized spacial score (nSPS) is 23.0. The van der Waals surface area contributed by atoms with Crippen molar-refractivity contribution < 1.29 is 18.0 Å². The number of nitrogens with zero attached hydrogens (tertiary/aromatic N) is 2. The molecule has 0 aliphatic carbocycles. The molecule has 1 aromatic rings. The summed E-state index contributed by atoms with van der Waals surface area (Å²) in [6.07, 6.45) is 0.782. The minimum absolute atomic E-state index is 0.0567. The molecule has 7 nitrogen and oxygen atoms in total. The summed E-state index contributed by atoms with van der Waals surface area (Å²) in [5, 5.41) is 8.09. The van der Waals surface area contributed by atoms with Crippen molar-refractivity contribution >= 4 is 55.6 Å². The van der Waals surface area contributed by atoms with Gasteiger partial charge in [-0.3, -0.25) is 9.59 Å². The third-order valence-electron chi connectivity index (χ3n) is 3.98. The van der Waals surface area contributed by atoms with Crippen LogP contribution in [0.1, 0.15) is 19.3 Å². The van der Waals surface area contributed by atoms with E-state index in [2.05, 4.69) is 33.0 Å². The number of rotatable bonds is 3. The Kier molecular flexibility index (Phi) is 4.90. The smallest absolute Gasteiger partial charge is 0.271 e. The Labute approximate surface area is 153 Å². The van der Waals surface area contributed by atoms with E-state index in [4.69, 9.17) is 0 Å². The molecule has 2 amide bonds. The summed E-state index contributed by atoms with van der Waals surface area (Å²) in [5.41, 5.74) is 0.896. The van der Waals surface area contributed by atoms with Crippen molar-refractivity contribution in [1.29, 1.82) is 0 Å². The van der Waals surface area contributed by atoms with Gasteiger partial charge in [0.15, 0.2) is 9.84 Å². The molecule has 24 heavy (non-hydrogen) atoms. The highest BCUT2D eigenvalue weighted by molar-refractivity contribution is 14.1. The number of carbonyl (C=O) groups excluding carboxylic acids is 2. The van der Waals surface area contributed by atoms with E-state index in [-0.39, 0.29) is 41.9 Å². The first-order chi connectivity index (χ1) is 11.3. The molecule has 9 heteroatoms. The first-order valence-corrected chi connectivity index (χ1v) is 10.4. The molecule has 3 rings (SSSR count). The van der Waals surface area contributed by atoms with Gasteiger partial charge in [-0.2, -0.15) is 5.10 Å². The van der Waals surface area contributed by atoms with Gasteiger partial charge in [0.25, 0.3) is 5.91 Å². The van der Waals surface area contributed by atoms with Gasteiger partial charge in [0, 0.05) is 22.1 Å². The second kappa shape index (κ2) is 6.79. The number of benzene rings is 1. The minimum atomic E-state index is -3.12. The monoisotopic (exact) mass is 461 g/mol. The molecule has 0 unspecified atom stereocenters. The van der Waals surface area contributed by atoms with Crippen LogP contribution in [0.2, 0.25) is 0 Å². The highest BCUT2D eigenvalue weighted by Crippen LogP contribution is 2.22. The van der Waals surface area contributed by atoms with Crippen LogP contribution in [0.15, 0.2) is 29.4 Å². The number of amides is 2. The summed E-state index contributed by atoms with van der Waals surface area (Å²) >= 11 is 2.17. The maximum atomic E-state index is 12.3. The number of anilines is 1. The lowest BCUT2D eigenvalue weighted by molar-refractivity contribution is -0.133. The molecule has 0 aromatic heterocycles. The van der Waals surface area contributed by atoms with E-state index < -0.39 is 15.9 Å². The third-order valence-corrected chi connectivity index (χ3v) is 6.45. The van der Waals surface area contributed by atoms with Gasteiger partial charge in [0.05, 0.1) is 17.5 Å². The fourth-order valence-corrected chi connectivity index (χ4v) is 4.78. The van der Waals surface area contributed by atoms with Crippen molar-refractivity contribution in [3.05, 3.63) is 27.8 Å². The predicted molar refractivity (Wildman–Crippen MR) is 98.4 cm³/mol. The van der Waals surface area contributed by atoms with Crippen molar-refractivity contribution in [2.24, 2.45) is 5.10 Å². The van der Waals surface area contributed by atoms with E-state index in [9.17, 15) is 18.0 Å². The van der Waals surface area contributed by atoms with E-state index >= 15 is 0 Å². The molecule has 2 heterocycles. The molecule has 1 aromatic carbocycles. The number of hydrogen-bond acceptors (Lipinski definition) is 5. The second-order valence-electron chi connectivity index (χ2n) is 5.80. The molecule has 1 fully saturated rings. The average Bonchev–Trinajstić information content (AvgIpc) is 2.90. The maximum Gasteiger partial charge on any atom is 0.271 e. The number of hydrogen-bond donors (Lipinski definition) is 1. The van der Waals surface area contributed by atoms with E-state index in [1.54, 1.807) is 12.1 Å². The molecule has 2 aliphatic rings. The Bertz CT molecular complexity index is 805. The Balaban J connectivity index is 1.75. The first-order valence-electron chi connectivity index (χ1n) is 7.51. The lowest BCUT2D eigenvalue weighted by Crippen LogP contribution is -2.42. The summed E-state index contributed by atoms with van der Waals surface area (Å²) < 4.78 is 24.3. The molecular weight excluding hydrogens is 445 g/mol. The molecule has 0 radical (unpaired) electrons. The number of halogens is 1. The lowest BCUT2D eigenvalue weighted by atomic mass is 10.1. The molecule has 2 aliphatic heterocycles. The zero-order chi connectivity index (χ0) is 17.3. The Morgan fingerprint density at radius 1 is 1.25 bits per heavy atom. The summed E-state index contributed by atoms with van der Waals surface area (Å²) in [6, 6.07) is 6.85. The fraction of sp³-hybridized carbons (Fsp3) is 0.400. The van der Waals surface area contributed by atoms with Gasteiger partial charge in [-0.25, -0.2) is 13.4 Å². The van der Waals surface area contributed by atoms with Crippen molar-refractivity contribution in [3.63, 3.8) is 0 Å². The van der Waals surface area contributed by atoms with Gasteiger partial charge in [-0.15, -0.1) is 0 Å². The van der Waals surface area contributed by atoms with Crippen LogP contribution in [0, 0.1) is 3.57 Å². The quantitative estimate of drug-likeness (QED) is 0.689. The minimum Gasteiger partial charge on any atom is -0.321 e. The summed E-state index contributed by atoms with van der Waals surface area (Å²) in [4.78, 5) is 24.4. The molecule has 1 atom stereocenters. The van der Waals surface area contributed by atoms with Gasteiger partial charge in [0.1, 0.15) is 5.71 Å². The van der Waals surface area contributed by atoms with E-state index in [0.29, 0.717) is 12.1 Å². The van der Waals surface area contributed by atoms with Crippen LogP contribution < -0.4 is 5.32 Å². The van der Waals surface area contributed by atoms with Crippen LogP contribution >= 0.6 is 22.6 Å². The number of nitrogens with one attached hydrogen (secondary N) is 1. The van der Waals surface area contributed by atoms with Crippen LogP contribution in [0.25, 0.3) is 0 Å². The van der Waals surface area contributed by atoms with Crippen molar-refractivity contribution in [2.75, 3.05) is 16.8 Å². The van der Waals surface area contributed by atoms with Gasteiger partial charge >= 0.3 is 0 Å². The molecule has 1 saturated heterocycles. The summed E-state index contributed by atoms with van der Waals surface area (Å²) in [5.74, 6) is -0.632. The predicted octanol–water partition coefficient (Wildman–Crippen LogP) is 1.40. The molecule has 0 saturated carbocycles. The zero-order valence-electron chi connectivity index (χ0n) is 12.7. The lowest BCUT2D eigenvalue weighted by Gasteiger charge is -2.27. The Morgan fingerprint density at radius 3 is 2.58 bits per heavy atom. The average molecular weight is 461 g/mol. The SMILES string of the molecule is O=C(Nc1ccc(I)cc1)C1=NN([C@H]2CCS(=O)(=O)C2)C(=O)CC1. The van der Waals surface area contributed by atoms with Gasteiger partial charge < -0.3 is 5.32 Å². The molecule has 128 valence electrons. The van der Waals surface area contributed by atoms with Crippen LogP contribution in [-0.4, -0.2) is 48.5 Å². The van der Waals surface area contributed by atoms with Crippen LogP contribution in [0.3, 0.4) is 0 Å². The van der Waals surface area contributed by atoms with Gasteiger partial charge in [0.2, 0.25) is 5.91 Å². The molecule has 1 N–H and O–H groups in total. The molecular formula is C15H16IN3O4S. The van der Waals surface area contributed by atoms with Gasteiger partial charge in [-0.1, -0.05) is 0 Å². The van der Waals surface area contributed by atoms with Gasteiger partial charge in [-0.05, 0) is 53.3 Å². The van der Waals surface area contributed by atoms with E-state index in [1.165, 1.54) is 5.01 Å². The second-order valence-corrected chi connectivity index (χ2v) is 9.28. The molecule has 0 spiro atoms. The van der Waals surface area contributed by atoms with Crippen molar-refractivity contribution in [3.8, 4) is 0 Å². The summed E-state index contributed by atoms with van der Waals surface area (Å²) in [6.45, 7) is 0. The van der Waals surface area contributed by atoms with Crippen LogP contribution in [-0.2, 0) is 19.4 Å². The summed E-state index contributed by atoms with van der Waals surface area (Å²) in [7, 11) is -3.12. The fourth-order valence-electron chi connectivity index (χ4n) is 2.72. The highest BCUT2D eigenvalue weighted by Gasteiger charge is 2.37. The van der Waals surface area contributed by atoms with E-state index in [1.807, 2.05) is 12.1 Å². The van der Waals surface area contributed by atoms with Crippen molar-refractivity contribution in [2.45, 2.75) is 25.3 Å². The highest BCUT2D eigenvalue weighted by atomic mass is 127. The van der Waals surface area contributed by atoms with E-state index in [0.717, 1.165) is 3.57 Å². The number of carbonyl (C=O) groups is 2.